The Labute approximate surface area is 75.8 Å². The van der Waals surface area contributed by atoms with E-state index in [-0.39, 0.29) is 0 Å². The number of fused-ring (bicyclic) bond motifs is 1. The fourth-order valence-corrected chi connectivity index (χ4v) is 1.26. The van der Waals surface area contributed by atoms with E-state index in [2.05, 4.69) is 20.3 Å². The summed E-state index contributed by atoms with van der Waals surface area (Å²) in [6, 6.07) is 0. The lowest BCUT2D eigenvalue weighted by molar-refractivity contribution is 0.928. The maximum Gasteiger partial charge on any atom is 0.224 e. The van der Waals surface area contributed by atoms with Gasteiger partial charge in [-0.1, -0.05) is 0 Å². The van der Waals surface area contributed by atoms with Gasteiger partial charge in [-0.3, -0.25) is 0 Å². The molecule has 0 radical (unpaired) electrons. The van der Waals surface area contributed by atoms with Crippen LogP contribution >= 0.6 is 0 Å². The third-order valence-electron chi connectivity index (χ3n) is 1.96. The smallest absolute Gasteiger partial charge is 0.224 e. The van der Waals surface area contributed by atoms with Crippen LogP contribution in [0.15, 0.2) is 6.33 Å². The minimum absolute atomic E-state index is 0.633. The van der Waals surface area contributed by atoms with E-state index in [9.17, 15) is 0 Å². The van der Waals surface area contributed by atoms with Crippen molar-refractivity contribution in [2.75, 3.05) is 12.4 Å². The fraction of sp³-hybridized carbons (Fsp3) is 0.375. The van der Waals surface area contributed by atoms with Gasteiger partial charge >= 0.3 is 0 Å². The van der Waals surface area contributed by atoms with Crippen LogP contribution in [0.2, 0.25) is 0 Å². The Hall–Kier alpha value is -1.65. The van der Waals surface area contributed by atoms with Crippen LogP contribution in [0.4, 0.5) is 5.95 Å². The van der Waals surface area contributed by atoms with E-state index in [1.807, 2.05) is 18.5 Å². The summed E-state index contributed by atoms with van der Waals surface area (Å²) in [6.45, 7) is 1.93. The molecule has 0 amide bonds. The van der Waals surface area contributed by atoms with Gasteiger partial charge in [0.25, 0.3) is 0 Å². The van der Waals surface area contributed by atoms with Gasteiger partial charge < -0.3 is 9.88 Å². The van der Waals surface area contributed by atoms with Gasteiger partial charge in [0.05, 0.1) is 12.0 Å². The fourth-order valence-electron chi connectivity index (χ4n) is 1.26. The van der Waals surface area contributed by atoms with Gasteiger partial charge in [0.2, 0.25) is 5.95 Å². The number of aromatic nitrogens is 4. The minimum atomic E-state index is 0.633. The number of anilines is 1. The van der Waals surface area contributed by atoms with Crippen molar-refractivity contribution in [3.63, 3.8) is 0 Å². The predicted molar refractivity (Wildman–Crippen MR) is 50.6 cm³/mol. The van der Waals surface area contributed by atoms with E-state index in [0.717, 1.165) is 16.9 Å². The molecule has 0 bridgehead atoms. The second kappa shape index (κ2) is 2.69. The largest absolute Gasteiger partial charge is 0.357 e. The molecule has 5 heteroatoms. The quantitative estimate of drug-likeness (QED) is 0.697. The van der Waals surface area contributed by atoms with Crippen molar-refractivity contribution in [2.45, 2.75) is 6.92 Å². The molecule has 0 fully saturated rings. The van der Waals surface area contributed by atoms with Crippen LogP contribution < -0.4 is 5.32 Å². The second-order valence-corrected chi connectivity index (χ2v) is 2.91. The predicted octanol–water partition coefficient (Wildman–Crippen LogP) is 0.713. The number of nitrogens with one attached hydrogen (secondary N) is 1. The molecular weight excluding hydrogens is 166 g/mol. The minimum Gasteiger partial charge on any atom is -0.357 e. The van der Waals surface area contributed by atoms with Crippen molar-refractivity contribution in [1.82, 2.24) is 19.5 Å². The molecule has 0 unspecified atom stereocenters. The summed E-state index contributed by atoms with van der Waals surface area (Å²) in [5.41, 5.74) is 2.62. The lowest BCUT2D eigenvalue weighted by Crippen LogP contribution is -2.00. The molecule has 0 aliphatic heterocycles. The van der Waals surface area contributed by atoms with E-state index in [1.54, 1.807) is 13.4 Å². The number of imidazole rings is 1. The first kappa shape index (κ1) is 7.97. The zero-order chi connectivity index (χ0) is 9.42. The molecule has 0 atom stereocenters. The number of hydrogen-bond donors (Lipinski definition) is 1. The number of rotatable bonds is 1. The zero-order valence-corrected chi connectivity index (χ0v) is 7.87. The van der Waals surface area contributed by atoms with Crippen LogP contribution in [-0.2, 0) is 7.05 Å². The van der Waals surface area contributed by atoms with Gasteiger partial charge in [0.1, 0.15) is 5.52 Å². The summed E-state index contributed by atoms with van der Waals surface area (Å²) in [5, 5.41) is 2.91. The third kappa shape index (κ3) is 1.12. The molecule has 68 valence electrons. The summed E-state index contributed by atoms with van der Waals surface area (Å²) in [4.78, 5) is 12.7. The van der Waals surface area contributed by atoms with E-state index < -0.39 is 0 Å². The van der Waals surface area contributed by atoms with Crippen LogP contribution in [0.3, 0.4) is 0 Å². The van der Waals surface area contributed by atoms with Gasteiger partial charge in [0, 0.05) is 14.1 Å². The van der Waals surface area contributed by atoms with E-state index >= 15 is 0 Å². The highest BCUT2D eigenvalue weighted by molar-refractivity contribution is 5.74. The Balaban J connectivity index is 2.80. The van der Waals surface area contributed by atoms with Crippen LogP contribution in [0.1, 0.15) is 5.69 Å². The van der Waals surface area contributed by atoms with Crippen molar-refractivity contribution < 1.29 is 0 Å². The second-order valence-electron chi connectivity index (χ2n) is 2.91. The van der Waals surface area contributed by atoms with Gasteiger partial charge in [-0.05, 0) is 6.92 Å². The van der Waals surface area contributed by atoms with E-state index in [1.165, 1.54) is 0 Å². The third-order valence-corrected chi connectivity index (χ3v) is 1.96. The Kier molecular flexibility index (Phi) is 1.65. The number of hydrogen-bond acceptors (Lipinski definition) is 4. The summed E-state index contributed by atoms with van der Waals surface area (Å²) < 4.78 is 1.88. The molecular formula is C8H11N5. The Morgan fingerprint density at radius 1 is 1.38 bits per heavy atom. The Morgan fingerprint density at radius 2 is 2.15 bits per heavy atom. The monoisotopic (exact) mass is 177 g/mol. The van der Waals surface area contributed by atoms with Crippen LogP contribution in [0, 0.1) is 6.92 Å². The highest BCUT2D eigenvalue weighted by atomic mass is 15.2. The highest BCUT2D eigenvalue weighted by Gasteiger charge is 2.06. The molecule has 0 saturated heterocycles. The van der Waals surface area contributed by atoms with Crippen LogP contribution in [-0.4, -0.2) is 26.6 Å². The zero-order valence-electron chi connectivity index (χ0n) is 7.87. The lowest BCUT2D eigenvalue weighted by atomic mass is 10.4. The topological polar surface area (TPSA) is 55.6 Å². The molecule has 0 aliphatic carbocycles. The average Bonchev–Trinajstić information content (AvgIpc) is 2.48. The number of aryl methyl sites for hydroxylation is 2. The average molecular weight is 177 g/mol. The molecule has 1 N–H and O–H groups in total. The van der Waals surface area contributed by atoms with Gasteiger partial charge in [0.15, 0.2) is 5.65 Å². The summed E-state index contributed by atoms with van der Waals surface area (Å²) in [7, 11) is 3.72. The van der Waals surface area contributed by atoms with E-state index in [0.29, 0.717) is 5.95 Å². The first-order valence-corrected chi connectivity index (χ1v) is 4.06. The summed E-state index contributed by atoms with van der Waals surface area (Å²) in [5.74, 6) is 0.633. The van der Waals surface area contributed by atoms with Crippen molar-refractivity contribution in [2.24, 2.45) is 7.05 Å². The normalized spacial score (nSPS) is 10.7. The first-order chi connectivity index (χ1) is 6.22. The molecule has 0 aliphatic rings. The molecule has 2 rings (SSSR count). The maximum absolute atomic E-state index is 4.29. The molecule has 2 heterocycles. The van der Waals surface area contributed by atoms with Gasteiger partial charge in [-0.15, -0.1) is 0 Å². The summed E-state index contributed by atoms with van der Waals surface area (Å²) in [6.07, 6.45) is 1.74. The Bertz CT molecular complexity index is 445. The van der Waals surface area contributed by atoms with Gasteiger partial charge in [-0.2, -0.15) is 4.98 Å². The molecule has 2 aromatic rings. The standard InChI is InChI=1S/C8H11N5/c1-5-6-7(13(3)4-10-6)12-8(9-2)11-5/h4H,1-3H3,(H,9,11,12). The molecule has 5 nitrogen and oxygen atoms in total. The SMILES string of the molecule is CNc1nc(C)c2ncn(C)c2n1. The van der Waals surface area contributed by atoms with E-state index in [4.69, 9.17) is 0 Å². The first-order valence-electron chi connectivity index (χ1n) is 4.06. The molecule has 2 aromatic heterocycles. The highest BCUT2D eigenvalue weighted by Crippen LogP contribution is 2.13. The van der Waals surface area contributed by atoms with Crippen molar-refractivity contribution in [1.29, 1.82) is 0 Å². The molecule has 0 spiro atoms. The maximum atomic E-state index is 4.29. The van der Waals surface area contributed by atoms with Crippen molar-refractivity contribution >= 4 is 17.1 Å². The van der Waals surface area contributed by atoms with Gasteiger partial charge in [-0.25, -0.2) is 9.97 Å². The van der Waals surface area contributed by atoms with Crippen LogP contribution in [0.25, 0.3) is 11.2 Å². The van der Waals surface area contributed by atoms with Crippen molar-refractivity contribution in [3.05, 3.63) is 12.0 Å². The van der Waals surface area contributed by atoms with Crippen LogP contribution in [0.5, 0.6) is 0 Å². The lowest BCUT2D eigenvalue weighted by Gasteiger charge is -2.00. The number of nitrogens with zero attached hydrogens (tertiary/aromatic N) is 4. The molecule has 13 heavy (non-hydrogen) atoms. The molecule has 0 saturated carbocycles. The van der Waals surface area contributed by atoms with Crippen molar-refractivity contribution in [3.8, 4) is 0 Å². The summed E-state index contributed by atoms with van der Waals surface area (Å²) >= 11 is 0. The Morgan fingerprint density at radius 3 is 2.85 bits per heavy atom. The molecule has 0 aromatic carbocycles.